The van der Waals surface area contributed by atoms with Crippen LogP contribution in [-0.4, -0.2) is 42.0 Å². The summed E-state index contributed by atoms with van der Waals surface area (Å²) in [5.41, 5.74) is 3.78. The minimum absolute atomic E-state index is 0.209. The Morgan fingerprint density at radius 3 is 2.56 bits per heavy atom. The Morgan fingerprint density at radius 2 is 1.82 bits per heavy atom. The first-order valence-electron chi connectivity index (χ1n) is 13.2. The number of rotatable bonds is 7. The molecule has 1 N–H and O–H groups in total. The molecule has 2 aromatic carbocycles. The van der Waals surface area contributed by atoms with E-state index in [2.05, 4.69) is 56.0 Å². The summed E-state index contributed by atoms with van der Waals surface area (Å²) in [6.45, 7) is 10.3. The Morgan fingerprint density at radius 1 is 1.06 bits per heavy atom. The van der Waals surface area contributed by atoms with Crippen molar-refractivity contribution in [2.75, 3.05) is 26.2 Å². The number of nitrogens with zero attached hydrogens (tertiary/aromatic N) is 1. The highest BCUT2D eigenvalue weighted by atomic mass is 16.5. The molecule has 182 valence electrons. The molecule has 0 aliphatic heterocycles. The fourth-order valence-electron chi connectivity index (χ4n) is 7.43. The summed E-state index contributed by atoms with van der Waals surface area (Å²) >= 11 is 0. The minimum atomic E-state index is -0.209. The number of Topliss-reactive ketones (excluding diaryl/α,β-unsaturated/α-hetero) is 1. The number of benzene rings is 2. The predicted octanol–water partition coefficient (Wildman–Crippen LogP) is 5.93. The van der Waals surface area contributed by atoms with Crippen molar-refractivity contribution >= 4 is 5.78 Å². The highest BCUT2D eigenvalue weighted by molar-refractivity contribution is 5.87. The summed E-state index contributed by atoms with van der Waals surface area (Å²) in [4.78, 5) is 15.5. The zero-order chi connectivity index (χ0) is 23.9. The second kappa shape index (κ2) is 9.37. The van der Waals surface area contributed by atoms with Gasteiger partial charge in [-0.3, -0.25) is 4.79 Å². The van der Waals surface area contributed by atoms with Gasteiger partial charge in [-0.25, -0.2) is 0 Å². The molecule has 2 saturated carbocycles. The van der Waals surface area contributed by atoms with Gasteiger partial charge < -0.3 is 14.7 Å². The van der Waals surface area contributed by atoms with Crippen molar-refractivity contribution < 1.29 is 14.6 Å². The maximum absolute atomic E-state index is 13.1. The topological polar surface area (TPSA) is 49.8 Å². The molecule has 0 spiro atoms. The third-order valence-corrected chi connectivity index (χ3v) is 9.30. The molecule has 0 radical (unpaired) electrons. The monoisotopic (exact) mass is 461 g/mol. The van der Waals surface area contributed by atoms with Crippen LogP contribution in [0.1, 0.15) is 75.0 Å². The Bertz CT molecular complexity index is 1030. The van der Waals surface area contributed by atoms with Crippen molar-refractivity contribution in [3.63, 3.8) is 0 Å². The van der Waals surface area contributed by atoms with Crippen molar-refractivity contribution in [1.29, 1.82) is 0 Å². The van der Waals surface area contributed by atoms with Gasteiger partial charge in [0.05, 0.1) is 0 Å². The molecule has 34 heavy (non-hydrogen) atoms. The number of ether oxygens (including phenoxy) is 1. The van der Waals surface area contributed by atoms with Crippen LogP contribution in [0.25, 0.3) is 0 Å². The molecule has 0 saturated heterocycles. The van der Waals surface area contributed by atoms with Crippen molar-refractivity contribution in [2.24, 2.45) is 17.3 Å². The summed E-state index contributed by atoms with van der Waals surface area (Å²) in [6, 6.07) is 14.6. The van der Waals surface area contributed by atoms with E-state index in [0.29, 0.717) is 41.8 Å². The van der Waals surface area contributed by atoms with Crippen LogP contribution in [0, 0.1) is 17.3 Å². The van der Waals surface area contributed by atoms with E-state index in [1.54, 1.807) is 0 Å². The van der Waals surface area contributed by atoms with E-state index in [0.717, 1.165) is 57.5 Å². The number of likely N-dealkylation sites (N-methyl/N-ethyl adjacent to an activating group) is 1. The molecule has 5 rings (SSSR count). The number of phenols is 1. The number of fused-ring (bicyclic) bond motifs is 5. The number of hydrogen-bond donors (Lipinski definition) is 1. The van der Waals surface area contributed by atoms with Gasteiger partial charge in [-0.1, -0.05) is 39.0 Å². The van der Waals surface area contributed by atoms with Gasteiger partial charge in [-0.2, -0.15) is 0 Å². The first kappa shape index (κ1) is 23.4. The molecule has 5 atom stereocenters. The van der Waals surface area contributed by atoms with Crippen LogP contribution in [0.3, 0.4) is 0 Å². The van der Waals surface area contributed by atoms with E-state index in [4.69, 9.17) is 4.74 Å². The van der Waals surface area contributed by atoms with E-state index in [1.807, 2.05) is 12.1 Å². The molecule has 3 aliphatic carbocycles. The number of hydrogen-bond acceptors (Lipinski definition) is 4. The molecular weight excluding hydrogens is 422 g/mol. The summed E-state index contributed by atoms with van der Waals surface area (Å²) in [7, 11) is 0. The quantitative estimate of drug-likeness (QED) is 0.555. The van der Waals surface area contributed by atoms with Crippen molar-refractivity contribution in [2.45, 2.75) is 64.7 Å². The lowest BCUT2D eigenvalue weighted by atomic mass is 9.51. The lowest BCUT2D eigenvalue weighted by Crippen LogP contribution is -2.45. The van der Waals surface area contributed by atoms with E-state index < -0.39 is 0 Å². The van der Waals surface area contributed by atoms with Crippen LogP contribution in [0.2, 0.25) is 0 Å². The molecular formula is C30H39NO3. The van der Waals surface area contributed by atoms with Crippen LogP contribution in [0.15, 0.2) is 42.5 Å². The third-order valence-electron chi connectivity index (χ3n) is 9.30. The van der Waals surface area contributed by atoms with Crippen molar-refractivity contribution in [1.82, 2.24) is 4.90 Å². The summed E-state index contributed by atoms with van der Waals surface area (Å²) < 4.78 is 6.04. The van der Waals surface area contributed by atoms with Gasteiger partial charge in [0, 0.05) is 18.4 Å². The van der Waals surface area contributed by atoms with Gasteiger partial charge >= 0.3 is 0 Å². The minimum Gasteiger partial charge on any atom is -0.508 e. The predicted molar refractivity (Wildman–Crippen MR) is 136 cm³/mol. The van der Waals surface area contributed by atoms with Gasteiger partial charge in [0.15, 0.2) is 0 Å². The Kier molecular flexibility index (Phi) is 6.45. The van der Waals surface area contributed by atoms with Gasteiger partial charge in [-0.15, -0.1) is 0 Å². The molecule has 0 aromatic heterocycles. The standard InChI is InChI=1S/C30H39NO3/c1-4-31(5-2)16-17-34-23-10-6-20(7-11-23)26-19-30(3)27(14-15-28(30)33)25-12-8-21-18-22(32)9-13-24(21)29(25)26/h6-7,9-11,13,18,25-27,29,32H,4-5,8,12,14-17,19H2,1-3H3/t25-,26?,27-,29+,30-/m0/s1. The highest BCUT2D eigenvalue weighted by Crippen LogP contribution is 2.64. The average Bonchev–Trinajstić information content (AvgIpc) is 3.15. The van der Waals surface area contributed by atoms with Crippen LogP contribution >= 0.6 is 0 Å². The molecule has 2 fully saturated rings. The van der Waals surface area contributed by atoms with Gasteiger partial charge in [0.25, 0.3) is 0 Å². The van der Waals surface area contributed by atoms with E-state index in [-0.39, 0.29) is 5.41 Å². The van der Waals surface area contributed by atoms with E-state index in [9.17, 15) is 9.90 Å². The molecule has 1 unspecified atom stereocenters. The first-order valence-corrected chi connectivity index (χ1v) is 13.2. The van der Waals surface area contributed by atoms with E-state index in [1.165, 1.54) is 16.7 Å². The highest BCUT2D eigenvalue weighted by Gasteiger charge is 2.57. The maximum atomic E-state index is 13.1. The van der Waals surface area contributed by atoms with Crippen LogP contribution in [-0.2, 0) is 11.2 Å². The van der Waals surface area contributed by atoms with Crippen molar-refractivity contribution in [3.05, 3.63) is 59.2 Å². The number of aromatic hydroxyl groups is 1. The molecule has 0 heterocycles. The fraction of sp³-hybridized carbons (Fsp3) is 0.567. The number of phenolic OH excluding ortho intramolecular Hbond substituents is 1. The fourth-order valence-corrected chi connectivity index (χ4v) is 7.43. The normalized spacial score (nSPS) is 30.1. The Hall–Kier alpha value is -2.33. The number of carbonyl (C=O) groups is 1. The molecule has 4 heteroatoms. The van der Waals surface area contributed by atoms with E-state index >= 15 is 0 Å². The molecule has 4 nitrogen and oxygen atoms in total. The van der Waals surface area contributed by atoms with Gasteiger partial charge in [0.1, 0.15) is 23.9 Å². The van der Waals surface area contributed by atoms with Crippen LogP contribution in [0.5, 0.6) is 11.5 Å². The van der Waals surface area contributed by atoms with Gasteiger partial charge in [-0.05, 0) is 103 Å². The lowest BCUT2D eigenvalue weighted by molar-refractivity contribution is -0.130. The lowest BCUT2D eigenvalue weighted by Gasteiger charge is -2.52. The summed E-state index contributed by atoms with van der Waals surface area (Å²) in [6.07, 6.45) is 4.80. The Balaban J connectivity index is 1.43. The SMILES string of the molecule is CCN(CC)CCOc1ccc(C2C[C@]3(C)C(=O)CC[C@H]3[C@@H]3CCc4cc(O)ccc4[C@@H]23)cc1. The largest absolute Gasteiger partial charge is 0.508 e. The summed E-state index contributed by atoms with van der Waals surface area (Å²) in [5, 5.41) is 10.1. The Labute approximate surface area is 204 Å². The second-order valence-corrected chi connectivity index (χ2v) is 10.9. The molecule has 0 bridgehead atoms. The molecule has 0 amide bonds. The number of ketones is 1. The second-order valence-electron chi connectivity index (χ2n) is 10.9. The zero-order valence-corrected chi connectivity index (χ0v) is 20.9. The smallest absolute Gasteiger partial charge is 0.139 e. The molecule has 2 aromatic rings. The summed E-state index contributed by atoms with van der Waals surface area (Å²) in [5.74, 6) is 3.45. The number of aryl methyl sites for hydroxylation is 1. The average molecular weight is 462 g/mol. The van der Waals surface area contributed by atoms with Crippen LogP contribution < -0.4 is 4.74 Å². The van der Waals surface area contributed by atoms with Crippen LogP contribution in [0.4, 0.5) is 0 Å². The van der Waals surface area contributed by atoms with Crippen molar-refractivity contribution in [3.8, 4) is 11.5 Å². The maximum Gasteiger partial charge on any atom is 0.139 e. The third kappa shape index (κ3) is 4.04. The number of carbonyl (C=O) groups excluding carboxylic acids is 1. The molecule has 3 aliphatic rings. The van der Waals surface area contributed by atoms with Gasteiger partial charge in [0.2, 0.25) is 0 Å². The first-order chi connectivity index (χ1) is 16.4. The zero-order valence-electron chi connectivity index (χ0n) is 20.9.